The van der Waals surface area contributed by atoms with Gasteiger partial charge < -0.3 is 15.5 Å². The van der Waals surface area contributed by atoms with Gasteiger partial charge in [-0.15, -0.1) is 6.58 Å². The van der Waals surface area contributed by atoms with Crippen molar-refractivity contribution in [1.29, 1.82) is 0 Å². The summed E-state index contributed by atoms with van der Waals surface area (Å²) in [6.45, 7) is 5.56. The minimum atomic E-state index is -0.278. The molecule has 0 fully saturated rings. The van der Waals surface area contributed by atoms with Gasteiger partial charge in [0.05, 0.1) is 0 Å². The highest BCUT2D eigenvalue weighted by molar-refractivity contribution is 5.53. The molecule has 1 unspecified atom stereocenters. The van der Waals surface area contributed by atoms with E-state index in [0.717, 1.165) is 37.1 Å². The number of fused-ring (bicyclic) bond motifs is 1. The molecule has 1 heterocycles. The molecule has 114 valence electrons. The summed E-state index contributed by atoms with van der Waals surface area (Å²) in [5.74, 6) is -0.119. The predicted octanol–water partition coefficient (Wildman–Crippen LogP) is 3.11. The van der Waals surface area contributed by atoms with E-state index in [1.165, 1.54) is 5.56 Å². The first kappa shape index (κ1) is 14.7. The van der Waals surface area contributed by atoms with Crippen LogP contribution in [0.2, 0.25) is 0 Å². The Morgan fingerprint density at radius 2 is 1.86 bits per heavy atom. The predicted molar refractivity (Wildman–Crippen MR) is 88.4 cm³/mol. The van der Waals surface area contributed by atoms with Gasteiger partial charge in [0.2, 0.25) is 0 Å². The van der Waals surface area contributed by atoms with Gasteiger partial charge in [0, 0.05) is 12.0 Å². The number of phenolic OH excluding ortho intramolecular Hbond substituents is 2. The third kappa shape index (κ3) is 2.38. The molecule has 0 spiro atoms. The molecular formula is C19H21NO2. The Morgan fingerprint density at radius 3 is 2.59 bits per heavy atom. The van der Waals surface area contributed by atoms with Crippen molar-refractivity contribution in [1.82, 2.24) is 5.32 Å². The molecule has 3 nitrogen and oxygen atoms in total. The van der Waals surface area contributed by atoms with E-state index in [9.17, 15) is 10.2 Å². The summed E-state index contributed by atoms with van der Waals surface area (Å²) >= 11 is 0. The molecule has 2 aromatic carbocycles. The number of allylic oxidation sites excluding steroid dienone is 1. The Hall–Kier alpha value is -2.26. The molecule has 1 atom stereocenters. The molecule has 1 aliphatic heterocycles. The highest BCUT2D eigenvalue weighted by Gasteiger charge is 2.36. The van der Waals surface area contributed by atoms with Crippen LogP contribution in [0.15, 0.2) is 55.1 Å². The second-order valence-corrected chi connectivity index (χ2v) is 5.87. The fraction of sp³-hybridized carbons (Fsp3) is 0.263. The number of aromatic hydroxyl groups is 2. The molecule has 0 radical (unpaired) electrons. The average molecular weight is 295 g/mol. The molecule has 3 rings (SSSR count). The fourth-order valence-corrected chi connectivity index (χ4v) is 3.45. The van der Waals surface area contributed by atoms with E-state index in [1.54, 1.807) is 12.1 Å². The van der Waals surface area contributed by atoms with Crippen LogP contribution < -0.4 is 5.32 Å². The molecule has 3 heteroatoms. The van der Waals surface area contributed by atoms with Gasteiger partial charge in [0.1, 0.15) is 0 Å². The van der Waals surface area contributed by atoms with Crippen molar-refractivity contribution in [3.8, 4) is 11.5 Å². The molecule has 0 saturated heterocycles. The summed E-state index contributed by atoms with van der Waals surface area (Å²) in [5, 5.41) is 23.4. The summed E-state index contributed by atoms with van der Waals surface area (Å²) in [7, 11) is 0. The van der Waals surface area contributed by atoms with Crippen LogP contribution in [0.1, 0.15) is 23.1 Å². The van der Waals surface area contributed by atoms with Gasteiger partial charge in [-0.1, -0.05) is 36.4 Å². The second kappa shape index (κ2) is 5.85. The molecular weight excluding hydrogens is 274 g/mol. The zero-order valence-corrected chi connectivity index (χ0v) is 12.5. The smallest absolute Gasteiger partial charge is 0.157 e. The Bertz CT molecular complexity index is 681. The Kier molecular flexibility index (Phi) is 3.90. The minimum absolute atomic E-state index is 0.0544. The zero-order valence-electron chi connectivity index (χ0n) is 12.5. The average Bonchev–Trinajstić information content (AvgIpc) is 2.70. The number of hydrogen-bond acceptors (Lipinski definition) is 3. The topological polar surface area (TPSA) is 52.5 Å². The van der Waals surface area contributed by atoms with E-state index in [2.05, 4.69) is 24.0 Å². The number of hydrogen-bond donors (Lipinski definition) is 3. The van der Waals surface area contributed by atoms with Crippen LogP contribution in [0, 0.1) is 0 Å². The highest BCUT2D eigenvalue weighted by Crippen LogP contribution is 2.42. The van der Waals surface area contributed by atoms with Crippen LogP contribution in [-0.4, -0.2) is 23.3 Å². The lowest BCUT2D eigenvalue weighted by atomic mass is 9.70. The molecule has 3 N–H and O–H groups in total. The number of rotatable bonds is 3. The van der Waals surface area contributed by atoms with E-state index in [4.69, 9.17) is 0 Å². The quantitative estimate of drug-likeness (QED) is 0.602. The first-order chi connectivity index (χ1) is 10.7. The number of phenols is 2. The lowest BCUT2D eigenvalue weighted by Gasteiger charge is -2.34. The fourth-order valence-electron chi connectivity index (χ4n) is 3.45. The molecule has 0 aliphatic carbocycles. The lowest BCUT2D eigenvalue weighted by Crippen LogP contribution is -2.38. The summed E-state index contributed by atoms with van der Waals surface area (Å²) in [5.41, 5.74) is 3.06. The maximum atomic E-state index is 10.0. The summed E-state index contributed by atoms with van der Waals surface area (Å²) in [6.07, 6.45) is 3.52. The third-order valence-corrected chi connectivity index (χ3v) is 4.53. The molecule has 2 aromatic rings. The summed E-state index contributed by atoms with van der Waals surface area (Å²) < 4.78 is 0. The van der Waals surface area contributed by atoms with E-state index in [0.29, 0.717) is 0 Å². The van der Waals surface area contributed by atoms with Gasteiger partial charge in [-0.3, -0.25) is 0 Å². The van der Waals surface area contributed by atoms with Crippen molar-refractivity contribution >= 4 is 0 Å². The lowest BCUT2D eigenvalue weighted by molar-refractivity contribution is 0.400. The van der Waals surface area contributed by atoms with Crippen LogP contribution in [-0.2, 0) is 11.8 Å². The van der Waals surface area contributed by atoms with Crippen molar-refractivity contribution in [2.45, 2.75) is 18.3 Å². The largest absolute Gasteiger partial charge is 0.504 e. The molecule has 22 heavy (non-hydrogen) atoms. The maximum Gasteiger partial charge on any atom is 0.157 e. The van der Waals surface area contributed by atoms with Gasteiger partial charge in [-0.05, 0) is 48.2 Å². The summed E-state index contributed by atoms with van der Waals surface area (Å²) in [4.78, 5) is 0. The Balaban J connectivity index is 2.26. The van der Waals surface area contributed by atoms with Crippen LogP contribution in [0.4, 0.5) is 0 Å². The van der Waals surface area contributed by atoms with Gasteiger partial charge in [-0.25, -0.2) is 0 Å². The van der Waals surface area contributed by atoms with Crippen molar-refractivity contribution < 1.29 is 10.2 Å². The van der Waals surface area contributed by atoms with Crippen LogP contribution in [0.5, 0.6) is 11.5 Å². The van der Waals surface area contributed by atoms with Crippen molar-refractivity contribution in [3.05, 3.63) is 71.8 Å². The van der Waals surface area contributed by atoms with Crippen LogP contribution >= 0.6 is 0 Å². The SMILES string of the molecule is C=CCC1(c2ccccc2)CNCCc2cc(O)c(O)cc21. The number of benzene rings is 2. The Labute approximate surface area is 130 Å². The molecule has 0 aromatic heterocycles. The zero-order chi connectivity index (χ0) is 15.6. The first-order valence-corrected chi connectivity index (χ1v) is 7.60. The van der Waals surface area contributed by atoms with Crippen LogP contribution in [0.25, 0.3) is 0 Å². The minimum Gasteiger partial charge on any atom is -0.504 e. The van der Waals surface area contributed by atoms with Gasteiger partial charge in [0.15, 0.2) is 11.5 Å². The molecule has 0 amide bonds. The van der Waals surface area contributed by atoms with Gasteiger partial charge in [0.25, 0.3) is 0 Å². The van der Waals surface area contributed by atoms with Gasteiger partial charge in [-0.2, -0.15) is 0 Å². The van der Waals surface area contributed by atoms with E-state index in [-0.39, 0.29) is 16.9 Å². The monoisotopic (exact) mass is 295 g/mol. The summed E-state index contributed by atoms with van der Waals surface area (Å²) in [6, 6.07) is 13.7. The normalized spacial score (nSPS) is 20.9. The molecule has 0 saturated carbocycles. The maximum absolute atomic E-state index is 10.0. The Morgan fingerprint density at radius 1 is 1.14 bits per heavy atom. The van der Waals surface area contributed by atoms with Crippen molar-refractivity contribution in [2.24, 2.45) is 0 Å². The highest BCUT2D eigenvalue weighted by atomic mass is 16.3. The van der Waals surface area contributed by atoms with E-state index >= 15 is 0 Å². The van der Waals surface area contributed by atoms with E-state index in [1.807, 2.05) is 24.3 Å². The van der Waals surface area contributed by atoms with Crippen LogP contribution in [0.3, 0.4) is 0 Å². The van der Waals surface area contributed by atoms with E-state index < -0.39 is 0 Å². The van der Waals surface area contributed by atoms with Crippen molar-refractivity contribution in [2.75, 3.05) is 13.1 Å². The first-order valence-electron chi connectivity index (χ1n) is 7.60. The van der Waals surface area contributed by atoms with Crippen molar-refractivity contribution in [3.63, 3.8) is 0 Å². The standard InChI is InChI=1S/C19H21NO2/c1-2-9-19(15-6-4-3-5-7-15)13-20-10-8-14-11-17(21)18(22)12-16(14)19/h2-7,11-12,20-22H,1,8-10,13H2. The molecule has 1 aliphatic rings. The second-order valence-electron chi connectivity index (χ2n) is 5.87. The number of nitrogens with one attached hydrogen (secondary N) is 1. The van der Waals surface area contributed by atoms with Gasteiger partial charge >= 0.3 is 0 Å². The third-order valence-electron chi connectivity index (χ3n) is 4.53. The molecule has 0 bridgehead atoms.